The lowest BCUT2D eigenvalue weighted by Crippen LogP contribution is -2.80. The van der Waals surface area contributed by atoms with Crippen molar-refractivity contribution >= 4 is 11.8 Å². The molecule has 162 valence electrons. The van der Waals surface area contributed by atoms with Crippen LogP contribution in [0.2, 0.25) is 0 Å². The molecule has 3 fully saturated rings. The predicted molar refractivity (Wildman–Crippen MR) is 120 cm³/mol. The highest BCUT2D eigenvalue weighted by molar-refractivity contribution is 5.99. The lowest BCUT2D eigenvalue weighted by molar-refractivity contribution is -0.182. The van der Waals surface area contributed by atoms with Crippen LogP contribution in [0.4, 0.5) is 0 Å². The molecular weight excluding hydrogens is 386 g/mol. The van der Waals surface area contributed by atoms with Gasteiger partial charge in [-0.3, -0.25) is 14.5 Å². The van der Waals surface area contributed by atoms with E-state index in [4.69, 9.17) is 0 Å². The van der Waals surface area contributed by atoms with Crippen LogP contribution >= 0.6 is 0 Å². The first-order chi connectivity index (χ1) is 14.9. The van der Waals surface area contributed by atoms with Crippen LogP contribution < -0.4 is 0 Å². The van der Waals surface area contributed by atoms with Gasteiger partial charge in [0.1, 0.15) is 11.1 Å². The van der Waals surface area contributed by atoms with E-state index in [0.29, 0.717) is 19.0 Å². The van der Waals surface area contributed by atoms with E-state index in [1.165, 1.54) is 0 Å². The van der Waals surface area contributed by atoms with Crippen LogP contribution in [0.15, 0.2) is 60.7 Å². The molecule has 2 aromatic rings. The molecule has 3 aliphatic heterocycles. The Morgan fingerprint density at radius 3 is 1.52 bits per heavy atom. The van der Waals surface area contributed by atoms with Crippen molar-refractivity contribution in [2.75, 3.05) is 19.6 Å². The molecule has 0 aliphatic carbocycles. The van der Waals surface area contributed by atoms with Crippen molar-refractivity contribution in [3.05, 3.63) is 71.8 Å². The summed E-state index contributed by atoms with van der Waals surface area (Å²) in [6, 6.07) is 20.3. The molecular formula is C26H31N3O2. The monoisotopic (exact) mass is 417 g/mol. The Hall–Kier alpha value is -2.66. The van der Waals surface area contributed by atoms with Gasteiger partial charge in [0.15, 0.2) is 0 Å². The number of hydrogen-bond donors (Lipinski definition) is 0. The number of hydrogen-bond acceptors (Lipinski definition) is 3. The Labute approximate surface area is 184 Å². The molecule has 2 atom stereocenters. The van der Waals surface area contributed by atoms with Crippen molar-refractivity contribution in [1.82, 2.24) is 14.7 Å². The second-order valence-corrected chi connectivity index (χ2v) is 9.86. The molecule has 2 amide bonds. The molecule has 2 aromatic carbocycles. The summed E-state index contributed by atoms with van der Waals surface area (Å²) < 4.78 is 0. The Morgan fingerprint density at radius 2 is 1.16 bits per heavy atom. The summed E-state index contributed by atoms with van der Waals surface area (Å²) in [4.78, 5) is 33.1. The standard InChI is InChI=1S/C26H31N3O2/c1-20(2)15-29-25(18-27(23(25)30)16-21-9-5-3-6-10-21)13-14-26(29)19-28(24(26)31)17-22-11-7-4-8-12-22/h3-12,20H,13-19H2,1-2H3. The maximum Gasteiger partial charge on any atom is 0.245 e. The van der Waals surface area contributed by atoms with E-state index in [0.717, 1.165) is 43.6 Å². The minimum atomic E-state index is -0.493. The van der Waals surface area contributed by atoms with Gasteiger partial charge in [0.05, 0.1) is 0 Å². The van der Waals surface area contributed by atoms with Crippen LogP contribution in [0.3, 0.4) is 0 Å². The average Bonchev–Trinajstić information content (AvgIpc) is 3.12. The van der Waals surface area contributed by atoms with Crippen LogP contribution in [0.1, 0.15) is 37.8 Å². The molecule has 0 N–H and O–H groups in total. The van der Waals surface area contributed by atoms with E-state index in [1.807, 2.05) is 46.2 Å². The molecule has 3 aliphatic rings. The largest absolute Gasteiger partial charge is 0.334 e. The lowest BCUT2D eigenvalue weighted by Gasteiger charge is -2.59. The topological polar surface area (TPSA) is 43.9 Å². The van der Waals surface area contributed by atoms with E-state index in [1.54, 1.807) is 0 Å². The van der Waals surface area contributed by atoms with E-state index in [2.05, 4.69) is 43.0 Å². The molecule has 2 spiro atoms. The minimum Gasteiger partial charge on any atom is -0.334 e. The van der Waals surface area contributed by atoms with Crippen LogP contribution in [-0.2, 0) is 22.7 Å². The van der Waals surface area contributed by atoms with E-state index in [9.17, 15) is 9.59 Å². The van der Waals surface area contributed by atoms with Crippen molar-refractivity contribution in [2.24, 2.45) is 5.92 Å². The summed E-state index contributed by atoms with van der Waals surface area (Å²) in [5.41, 5.74) is 1.33. The summed E-state index contributed by atoms with van der Waals surface area (Å²) in [6.45, 7) is 7.89. The highest BCUT2D eigenvalue weighted by Crippen LogP contribution is 2.52. The molecule has 3 heterocycles. The van der Waals surface area contributed by atoms with Gasteiger partial charge in [-0.15, -0.1) is 0 Å². The second-order valence-electron chi connectivity index (χ2n) is 9.86. The zero-order valence-corrected chi connectivity index (χ0v) is 18.5. The first kappa shape index (κ1) is 20.3. The van der Waals surface area contributed by atoms with E-state index in [-0.39, 0.29) is 11.8 Å². The van der Waals surface area contributed by atoms with Crippen molar-refractivity contribution < 1.29 is 9.59 Å². The zero-order chi connectivity index (χ0) is 21.6. The van der Waals surface area contributed by atoms with Crippen molar-refractivity contribution in [2.45, 2.75) is 50.9 Å². The first-order valence-corrected chi connectivity index (χ1v) is 11.4. The van der Waals surface area contributed by atoms with E-state index >= 15 is 0 Å². The number of β-lactam (4-membered cyclic amide) rings is 2. The number of nitrogens with zero attached hydrogens (tertiary/aromatic N) is 3. The fourth-order valence-electron chi connectivity index (χ4n) is 5.76. The maximum absolute atomic E-state index is 13.4. The van der Waals surface area contributed by atoms with Gasteiger partial charge in [0.25, 0.3) is 0 Å². The number of benzene rings is 2. The molecule has 0 aromatic heterocycles. The SMILES string of the molecule is CC(C)CN1C2(CCC13CN(Cc1ccccc1)C3=O)CN(Cc1ccccc1)C2=O. The van der Waals surface area contributed by atoms with Gasteiger partial charge in [-0.1, -0.05) is 74.5 Å². The molecule has 5 heteroatoms. The van der Waals surface area contributed by atoms with Gasteiger partial charge in [-0.25, -0.2) is 0 Å². The van der Waals surface area contributed by atoms with Crippen LogP contribution in [0.5, 0.6) is 0 Å². The van der Waals surface area contributed by atoms with Crippen molar-refractivity contribution in [1.29, 1.82) is 0 Å². The van der Waals surface area contributed by atoms with E-state index < -0.39 is 11.1 Å². The van der Waals surface area contributed by atoms with Crippen molar-refractivity contribution in [3.8, 4) is 0 Å². The van der Waals surface area contributed by atoms with Gasteiger partial charge in [-0.05, 0) is 29.9 Å². The predicted octanol–water partition coefficient (Wildman–Crippen LogP) is 3.30. The first-order valence-electron chi connectivity index (χ1n) is 11.4. The number of carbonyl (C=O) groups excluding carboxylic acids is 2. The third kappa shape index (κ3) is 3.18. The van der Waals surface area contributed by atoms with Gasteiger partial charge in [0, 0.05) is 32.7 Å². The highest BCUT2D eigenvalue weighted by atomic mass is 16.2. The Kier molecular flexibility index (Phi) is 4.89. The lowest BCUT2D eigenvalue weighted by atomic mass is 9.84. The third-order valence-electron chi connectivity index (χ3n) is 7.24. The molecule has 0 radical (unpaired) electrons. The van der Waals surface area contributed by atoms with Crippen LogP contribution in [0, 0.1) is 5.92 Å². The third-order valence-corrected chi connectivity index (χ3v) is 7.24. The fraction of sp³-hybridized carbons (Fsp3) is 0.462. The molecule has 5 nitrogen and oxygen atoms in total. The number of amides is 2. The molecule has 5 rings (SSSR count). The minimum absolute atomic E-state index is 0.197. The Bertz CT molecular complexity index is 901. The summed E-state index contributed by atoms with van der Waals surface area (Å²) in [7, 11) is 0. The normalized spacial score (nSPS) is 28.0. The fourth-order valence-corrected chi connectivity index (χ4v) is 5.76. The molecule has 2 unspecified atom stereocenters. The van der Waals surface area contributed by atoms with Crippen LogP contribution in [0.25, 0.3) is 0 Å². The number of likely N-dealkylation sites (tertiary alicyclic amines) is 3. The van der Waals surface area contributed by atoms with Crippen LogP contribution in [-0.4, -0.2) is 57.2 Å². The average molecular weight is 418 g/mol. The Morgan fingerprint density at radius 1 is 0.742 bits per heavy atom. The van der Waals surface area contributed by atoms with Gasteiger partial charge in [0.2, 0.25) is 11.8 Å². The van der Waals surface area contributed by atoms with Gasteiger partial charge < -0.3 is 9.80 Å². The van der Waals surface area contributed by atoms with Gasteiger partial charge in [-0.2, -0.15) is 0 Å². The van der Waals surface area contributed by atoms with Crippen molar-refractivity contribution in [3.63, 3.8) is 0 Å². The summed E-state index contributed by atoms with van der Waals surface area (Å²) >= 11 is 0. The Balaban J connectivity index is 1.33. The summed E-state index contributed by atoms with van der Waals surface area (Å²) in [5.74, 6) is 0.796. The number of carbonyl (C=O) groups is 2. The molecule has 31 heavy (non-hydrogen) atoms. The highest BCUT2D eigenvalue weighted by Gasteiger charge is 2.71. The zero-order valence-electron chi connectivity index (χ0n) is 18.5. The van der Waals surface area contributed by atoms with Gasteiger partial charge >= 0.3 is 0 Å². The number of rotatable bonds is 6. The molecule has 3 saturated heterocycles. The molecule has 0 bridgehead atoms. The maximum atomic E-state index is 13.4. The summed E-state index contributed by atoms with van der Waals surface area (Å²) in [6.07, 6.45) is 1.57. The quantitative estimate of drug-likeness (QED) is 0.678. The second kappa shape index (κ2) is 7.49. The summed E-state index contributed by atoms with van der Waals surface area (Å²) in [5, 5.41) is 0. The smallest absolute Gasteiger partial charge is 0.245 e. The molecule has 0 saturated carbocycles.